The van der Waals surface area contributed by atoms with Crippen molar-refractivity contribution in [2.45, 2.75) is 39.1 Å². The zero-order chi connectivity index (χ0) is 34.2. The molecule has 0 amide bonds. The van der Waals surface area contributed by atoms with Gasteiger partial charge < -0.3 is 24.0 Å². The van der Waals surface area contributed by atoms with Gasteiger partial charge in [0, 0.05) is 62.1 Å². The molecule has 12 nitrogen and oxygen atoms in total. The highest BCUT2D eigenvalue weighted by Crippen LogP contribution is 2.35. The van der Waals surface area contributed by atoms with Gasteiger partial charge in [0.1, 0.15) is 12.1 Å². The first-order chi connectivity index (χ1) is 23.9. The summed E-state index contributed by atoms with van der Waals surface area (Å²) in [5.41, 5.74) is 5.73. The van der Waals surface area contributed by atoms with Gasteiger partial charge in [-0.15, -0.1) is 0 Å². The van der Waals surface area contributed by atoms with E-state index in [0.717, 1.165) is 55.2 Å². The third-order valence-electron chi connectivity index (χ3n) is 8.83. The van der Waals surface area contributed by atoms with Crippen molar-refractivity contribution in [2.24, 2.45) is 0 Å². The zero-order valence-corrected chi connectivity index (χ0v) is 28.2. The lowest BCUT2D eigenvalue weighted by Gasteiger charge is -2.37. The summed E-state index contributed by atoms with van der Waals surface area (Å²) in [5, 5.41) is 17.4. The summed E-state index contributed by atoms with van der Waals surface area (Å²) in [6, 6.07) is 25.9. The van der Waals surface area contributed by atoms with Crippen molar-refractivity contribution in [3.05, 3.63) is 119 Å². The van der Waals surface area contributed by atoms with Gasteiger partial charge in [-0.2, -0.15) is 15.5 Å². The van der Waals surface area contributed by atoms with Crippen LogP contribution in [0, 0.1) is 18.3 Å². The molecule has 2 aliphatic heterocycles. The molecule has 0 unspecified atom stereocenters. The molecule has 0 bridgehead atoms. The summed E-state index contributed by atoms with van der Waals surface area (Å²) in [5.74, 6) is 0.0659. The Hall–Kier alpha value is -5.38. The highest BCUT2D eigenvalue weighted by molar-refractivity contribution is 5.54. The lowest BCUT2D eigenvalue weighted by atomic mass is 9.98. The molecule has 2 aromatic heterocycles. The van der Waals surface area contributed by atoms with Crippen molar-refractivity contribution in [3.8, 4) is 17.5 Å². The van der Waals surface area contributed by atoms with E-state index in [9.17, 15) is 4.79 Å². The Morgan fingerprint density at radius 1 is 0.898 bits per heavy atom. The number of methoxy groups -OCH3 is 1. The molecule has 3 aromatic carbocycles. The first-order valence-electron chi connectivity index (χ1n) is 16.6. The van der Waals surface area contributed by atoms with Crippen molar-refractivity contribution in [2.75, 3.05) is 56.3 Å². The van der Waals surface area contributed by atoms with E-state index in [2.05, 4.69) is 50.3 Å². The molecule has 12 heteroatoms. The fourth-order valence-corrected chi connectivity index (χ4v) is 6.27. The smallest absolute Gasteiger partial charge is 0.350 e. The summed E-state index contributed by atoms with van der Waals surface area (Å²) in [7, 11) is 1.69. The highest BCUT2D eigenvalue weighted by atomic mass is 16.7. The van der Waals surface area contributed by atoms with Crippen LogP contribution in [0.25, 0.3) is 5.69 Å². The van der Waals surface area contributed by atoms with E-state index in [4.69, 9.17) is 19.5 Å². The normalized spacial score (nSPS) is 15.4. The van der Waals surface area contributed by atoms with Gasteiger partial charge in [-0.05, 0) is 85.6 Å². The molecular formula is C37H42N8O4. The first kappa shape index (κ1) is 33.5. The molecule has 2 saturated heterocycles. The third kappa shape index (κ3) is 7.53. The maximum absolute atomic E-state index is 12.4. The van der Waals surface area contributed by atoms with Gasteiger partial charge in [0.15, 0.2) is 0 Å². The Morgan fingerprint density at radius 3 is 2.08 bits per heavy atom. The molecule has 4 heterocycles. The second-order valence-electron chi connectivity index (χ2n) is 12.0. The molecule has 2 fully saturated rings. The fraction of sp³-hybridized carbons (Fsp3) is 0.351. The van der Waals surface area contributed by atoms with Gasteiger partial charge in [0.2, 0.25) is 5.79 Å². The number of anilines is 2. The van der Waals surface area contributed by atoms with Crippen LogP contribution in [0.2, 0.25) is 0 Å². The fourth-order valence-electron chi connectivity index (χ4n) is 6.27. The predicted molar refractivity (Wildman–Crippen MR) is 187 cm³/mol. The van der Waals surface area contributed by atoms with Crippen LogP contribution in [-0.4, -0.2) is 70.6 Å². The standard InChI is InChI=1S/C22H27N5O2.C15H15N3O2/c1-3-12-27-22(28)26(17-23-27)20-6-4-18(5-7-20)24-13-15-25(16-14-24)19-8-10-21(29-2)11-9-19;1-12-9-13(10-16)3-4-14(12)15(19-7-8-20-15)11-18-6-2-5-17-18/h4-11,17H,3,12-16H2,1-2H3;2-6,9H,7-8,11H2,1H3. The molecule has 0 radical (unpaired) electrons. The Kier molecular flexibility index (Phi) is 10.4. The molecule has 0 spiro atoms. The van der Waals surface area contributed by atoms with E-state index in [-0.39, 0.29) is 5.69 Å². The van der Waals surface area contributed by atoms with Crippen LogP contribution in [-0.2, 0) is 28.4 Å². The zero-order valence-electron chi connectivity index (χ0n) is 28.2. The minimum absolute atomic E-state index is 0.0901. The molecule has 0 atom stereocenters. The molecule has 0 saturated carbocycles. The third-order valence-corrected chi connectivity index (χ3v) is 8.83. The summed E-state index contributed by atoms with van der Waals surface area (Å²) in [6.45, 7) is 10.1. The number of ether oxygens (including phenoxy) is 3. The van der Waals surface area contributed by atoms with Crippen LogP contribution >= 0.6 is 0 Å². The van der Waals surface area contributed by atoms with Crippen LogP contribution in [0.4, 0.5) is 11.4 Å². The van der Waals surface area contributed by atoms with Gasteiger partial charge in [-0.3, -0.25) is 4.68 Å². The van der Waals surface area contributed by atoms with Crippen LogP contribution in [0.3, 0.4) is 0 Å². The van der Waals surface area contributed by atoms with E-state index < -0.39 is 5.79 Å². The Labute approximate surface area is 286 Å². The molecule has 254 valence electrons. The molecule has 49 heavy (non-hydrogen) atoms. The van der Waals surface area contributed by atoms with Crippen molar-refractivity contribution in [1.82, 2.24) is 24.1 Å². The monoisotopic (exact) mass is 662 g/mol. The number of nitrogens with zero attached hydrogens (tertiary/aromatic N) is 8. The minimum atomic E-state index is -0.815. The van der Waals surface area contributed by atoms with Gasteiger partial charge >= 0.3 is 5.69 Å². The van der Waals surface area contributed by atoms with Crippen LogP contribution in [0.1, 0.15) is 30.0 Å². The van der Waals surface area contributed by atoms with Gasteiger partial charge in [0.05, 0.1) is 44.2 Å². The number of nitriles is 1. The van der Waals surface area contributed by atoms with Crippen molar-refractivity contribution in [1.29, 1.82) is 5.26 Å². The van der Waals surface area contributed by atoms with E-state index >= 15 is 0 Å². The predicted octanol–water partition coefficient (Wildman–Crippen LogP) is 4.74. The topological polar surface area (TPSA) is 116 Å². The number of rotatable bonds is 9. The number of benzene rings is 3. The quantitative estimate of drug-likeness (QED) is 0.221. The van der Waals surface area contributed by atoms with Gasteiger partial charge in [-0.1, -0.05) is 13.0 Å². The molecule has 7 rings (SSSR count). The number of aryl methyl sites for hydroxylation is 2. The lowest BCUT2D eigenvalue weighted by Crippen LogP contribution is -2.46. The van der Waals surface area contributed by atoms with E-state index in [1.165, 1.54) is 16.1 Å². The van der Waals surface area contributed by atoms with E-state index in [0.29, 0.717) is 31.9 Å². The van der Waals surface area contributed by atoms with Crippen molar-refractivity contribution < 1.29 is 14.2 Å². The van der Waals surface area contributed by atoms with Crippen LogP contribution in [0.15, 0.2) is 96.3 Å². The molecule has 0 N–H and O–H groups in total. The Bertz CT molecular complexity index is 1900. The maximum atomic E-state index is 12.4. The minimum Gasteiger partial charge on any atom is -0.497 e. The summed E-state index contributed by atoms with van der Waals surface area (Å²) >= 11 is 0. The number of aromatic nitrogens is 5. The Morgan fingerprint density at radius 2 is 1.53 bits per heavy atom. The van der Waals surface area contributed by atoms with Gasteiger partial charge in [-0.25, -0.2) is 14.0 Å². The first-order valence-corrected chi connectivity index (χ1v) is 16.6. The average molecular weight is 663 g/mol. The maximum Gasteiger partial charge on any atom is 0.350 e. The molecule has 2 aliphatic rings. The number of piperazine rings is 1. The van der Waals surface area contributed by atoms with Crippen molar-refractivity contribution in [3.63, 3.8) is 0 Å². The average Bonchev–Trinajstić information content (AvgIpc) is 3.92. The summed E-state index contributed by atoms with van der Waals surface area (Å²) in [6.07, 6.45) is 6.10. The molecule has 5 aromatic rings. The summed E-state index contributed by atoms with van der Waals surface area (Å²) < 4.78 is 21.9. The molecular weight excluding hydrogens is 620 g/mol. The van der Waals surface area contributed by atoms with E-state index in [1.807, 2.05) is 62.5 Å². The van der Waals surface area contributed by atoms with Gasteiger partial charge in [0.25, 0.3) is 0 Å². The highest BCUT2D eigenvalue weighted by Gasteiger charge is 2.40. The largest absolute Gasteiger partial charge is 0.497 e. The van der Waals surface area contributed by atoms with Crippen molar-refractivity contribution >= 4 is 11.4 Å². The SMILES string of the molecule is CCCn1ncn(-c2ccc(N3CCN(c4ccc(OC)cc4)CC3)cc2)c1=O.Cc1cc(C#N)ccc1C1(Cn2cccn2)OCCO1. The lowest BCUT2D eigenvalue weighted by molar-refractivity contribution is -0.178. The second kappa shape index (κ2) is 15.2. The molecule has 0 aliphatic carbocycles. The van der Waals surface area contributed by atoms with Crippen LogP contribution < -0.4 is 20.2 Å². The number of hydrogen-bond acceptors (Lipinski definition) is 9. The van der Waals surface area contributed by atoms with Crippen LogP contribution in [0.5, 0.6) is 5.75 Å². The number of hydrogen-bond donors (Lipinski definition) is 0. The van der Waals surface area contributed by atoms with E-state index in [1.54, 1.807) is 34.9 Å². The summed E-state index contributed by atoms with van der Waals surface area (Å²) in [4.78, 5) is 17.2. The Balaban J connectivity index is 0.000000182. The second-order valence-corrected chi connectivity index (χ2v) is 12.0.